The lowest BCUT2D eigenvalue weighted by atomic mass is 9.81. The molecule has 2 fully saturated rings. The largest absolute Gasteiger partial charge is 0.310 e. The Balaban J connectivity index is 2.00. The summed E-state index contributed by atoms with van der Waals surface area (Å²) in [5.41, 5.74) is 0.491. The summed E-state index contributed by atoms with van der Waals surface area (Å²) in [6.07, 6.45) is 8.47. The van der Waals surface area contributed by atoms with Crippen LogP contribution < -0.4 is 5.32 Å². The van der Waals surface area contributed by atoms with Gasteiger partial charge in [0.05, 0.1) is 0 Å². The van der Waals surface area contributed by atoms with Crippen LogP contribution in [0.5, 0.6) is 0 Å². The molecular weight excluding hydrogens is 172 g/mol. The zero-order valence-electron chi connectivity index (χ0n) is 9.52. The van der Waals surface area contributed by atoms with Gasteiger partial charge in [-0.15, -0.1) is 0 Å². The maximum atomic E-state index is 3.82. The van der Waals surface area contributed by atoms with Crippen LogP contribution in [0.4, 0.5) is 0 Å². The van der Waals surface area contributed by atoms with Crippen molar-refractivity contribution in [3.63, 3.8) is 0 Å². The van der Waals surface area contributed by atoms with Crippen LogP contribution in [0.3, 0.4) is 0 Å². The first-order valence-corrected chi connectivity index (χ1v) is 6.32. The minimum Gasteiger partial charge on any atom is -0.310 e. The van der Waals surface area contributed by atoms with E-state index in [0.29, 0.717) is 5.54 Å². The minimum atomic E-state index is 0.491. The van der Waals surface area contributed by atoms with E-state index in [1.807, 2.05) is 0 Å². The Morgan fingerprint density at radius 3 is 2.64 bits per heavy atom. The van der Waals surface area contributed by atoms with Gasteiger partial charge in [0.15, 0.2) is 0 Å². The molecule has 0 aromatic rings. The number of nitrogens with one attached hydrogen (secondary N) is 1. The minimum absolute atomic E-state index is 0.491. The van der Waals surface area contributed by atoms with Crippen molar-refractivity contribution in [3.8, 4) is 0 Å². The number of likely N-dealkylation sites (N-methyl/N-ethyl adjacent to an activating group) is 1. The maximum absolute atomic E-state index is 3.82. The van der Waals surface area contributed by atoms with Crippen molar-refractivity contribution in [3.05, 3.63) is 0 Å². The molecule has 2 heteroatoms. The lowest BCUT2D eigenvalue weighted by Crippen LogP contribution is -2.52. The monoisotopic (exact) mass is 196 g/mol. The van der Waals surface area contributed by atoms with Crippen molar-refractivity contribution < 1.29 is 0 Å². The van der Waals surface area contributed by atoms with Crippen molar-refractivity contribution in [1.82, 2.24) is 10.2 Å². The second kappa shape index (κ2) is 4.63. The molecule has 0 radical (unpaired) electrons. The first-order chi connectivity index (χ1) is 6.85. The summed E-state index contributed by atoms with van der Waals surface area (Å²) in [6, 6.07) is 0. The van der Waals surface area contributed by atoms with Gasteiger partial charge in [-0.3, -0.25) is 0 Å². The van der Waals surface area contributed by atoms with Crippen LogP contribution in [0, 0.1) is 0 Å². The van der Waals surface area contributed by atoms with Crippen LogP contribution in [0.2, 0.25) is 0 Å². The molecular formula is C12H24N2. The van der Waals surface area contributed by atoms with Gasteiger partial charge in [0.2, 0.25) is 0 Å². The number of hydrogen-bond donors (Lipinski definition) is 1. The van der Waals surface area contributed by atoms with E-state index in [9.17, 15) is 0 Å². The van der Waals surface area contributed by atoms with Gasteiger partial charge in [-0.25, -0.2) is 0 Å². The lowest BCUT2D eigenvalue weighted by Gasteiger charge is -2.39. The summed E-state index contributed by atoms with van der Waals surface area (Å²) in [4.78, 5) is 2.63. The van der Waals surface area contributed by atoms with Gasteiger partial charge in [0, 0.05) is 12.1 Å². The third kappa shape index (κ3) is 2.29. The highest BCUT2D eigenvalue weighted by atomic mass is 15.2. The average Bonchev–Trinajstić information content (AvgIpc) is 2.42. The molecule has 1 heterocycles. The van der Waals surface area contributed by atoms with Crippen LogP contribution in [0.15, 0.2) is 0 Å². The fourth-order valence-corrected chi connectivity index (χ4v) is 3.05. The van der Waals surface area contributed by atoms with Crippen LogP contribution in [-0.4, -0.2) is 36.6 Å². The molecule has 2 aliphatic rings. The summed E-state index contributed by atoms with van der Waals surface area (Å²) in [7, 11) is 0. The predicted octanol–water partition coefficient (Wildman–Crippen LogP) is 2.00. The van der Waals surface area contributed by atoms with E-state index in [0.717, 1.165) is 0 Å². The molecule has 0 aromatic carbocycles. The van der Waals surface area contributed by atoms with Crippen molar-refractivity contribution in [2.24, 2.45) is 0 Å². The Kier molecular flexibility index (Phi) is 3.45. The van der Waals surface area contributed by atoms with Gasteiger partial charge in [0.25, 0.3) is 0 Å². The van der Waals surface area contributed by atoms with Crippen LogP contribution in [0.25, 0.3) is 0 Å². The first-order valence-electron chi connectivity index (χ1n) is 6.32. The highest BCUT2D eigenvalue weighted by Crippen LogP contribution is 2.30. The van der Waals surface area contributed by atoms with Crippen molar-refractivity contribution in [1.29, 1.82) is 0 Å². The summed E-state index contributed by atoms with van der Waals surface area (Å²) in [5, 5.41) is 3.82. The molecule has 82 valence electrons. The zero-order valence-corrected chi connectivity index (χ0v) is 9.52. The summed E-state index contributed by atoms with van der Waals surface area (Å²) in [5.74, 6) is 0. The van der Waals surface area contributed by atoms with E-state index in [4.69, 9.17) is 0 Å². The van der Waals surface area contributed by atoms with Gasteiger partial charge in [-0.05, 0) is 38.9 Å². The van der Waals surface area contributed by atoms with E-state index in [2.05, 4.69) is 17.1 Å². The number of nitrogens with zero attached hydrogens (tertiary/aromatic N) is 1. The Bertz CT molecular complexity index is 173. The van der Waals surface area contributed by atoms with Gasteiger partial charge < -0.3 is 10.2 Å². The second-order valence-corrected chi connectivity index (χ2v) is 4.99. The normalized spacial score (nSPS) is 28.9. The zero-order chi connectivity index (χ0) is 9.86. The third-order valence-corrected chi connectivity index (χ3v) is 3.94. The summed E-state index contributed by atoms with van der Waals surface area (Å²) in [6.45, 7) is 7.34. The molecule has 2 nitrogen and oxygen atoms in total. The predicted molar refractivity (Wildman–Crippen MR) is 60.5 cm³/mol. The Hall–Kier alpha value is -0.0800. The first kappa shape index (κ1) is 10.4. The molecule has 0 unspecified atom stereocenters. The van der Waals surface area contributed by atoms with Crippen molar-refractivity contribution in [2.45, 2.75) is 51.0 Å². The van der Waals surface area contributed by atoms with E-state index in [-0.39, 0.29) is 0 Å². The smallest absolute Gasteiger partial charge is 0.0308 e. The molecule has 1 spiro atoms. The molecule has 0 atom stereocenters. The molecule has 0 bridgehead atoms. The molecule has 0 amide bonds. The highest BCUT2D eigenvalue weighted by Gasteiger charge is 2.34. The van der Waals surface area contributed by atoms with Gasteiger partial charge >= 0.3 is 0 Å². The highest BCUT2D eigenvalue weighted by molar-refractivity contribution is 4.94. The number of hydrogen-bond acceptors (Lipinski definition) is 2. The summed E-state index contributed by atoms with van der Waals surface area (Å²) >= 11 is 0. The van der Waals surface area contributed by atoms with Crippen LogP contribution >= 0.6 is 0 Å². The Morgan fingerprint density at radius 1 is 1.14 bits per heavy atom. The Labute approximate surface area is 88.1 Å². The topological polar surface area (TPSA) is 15.3 Å². The van der Waals surface area contributed by atoms with Crippen molar-refractivity contribution >= 4 is 0 Å². The summed E-state index contributed by atoms with van der Waals surface area (Å²) < 4.78 is 0. The molecule has 1 aliphatic heterocycles. The molecule has 1 aliphatic carbocycles. The lowest BCUT2D eigenvalue weighted by molar-refractivity contribution is 0.169. The second-order valence-electron chi connectivity index (χ2n) is 4.99. The van der Waals surface area contributed by atoms with Gasteiger partial charge in [-0.1, -0.05) is 26.2 Å². The fourth-order valence-electron chi connectivity index (χ4n) is 3.05. The fraction of sp³-hybridized carbons (Fsp3) is 1.00. The van der Waals surface area contributed by atoms with Crippen LogP contribution in [0.1, 0.15) is 45.4 Å². The molecule has 2 rings (SSSR count). The maximum Gasteiger partial charge on any atom is 0.0308 e. The standard InChI is InChI=1S/C12H24N2/c1-2-14-10-6-9-13-12(11-14)7-4-3-5-8-12/h13H,2-11H2,1H3. The number of rotatable bonds is 1. The van der Waals surface area contributed by atoms with Crippen LogP contribution in [-0.2, 0) is 0 Å². The molecule has 0 aromatic heterocycles. The molecule has 1 saturated carbocycles. The SMILES string of the molecule is CCN1CCCNC2(CCCCC2)C1. The average molecular weight is 196 g/mol. The Morgan fingerprint density at radius 2 is 1.93 bits per heavy atom. The van der Waals surface area contributed by atoms with Crippen molar-refractivity contribution in [2.75, 3.05) is 26.2 Å². The third-order valence-electron chi connectivity index (χ3n) is 3.94. The van der Waals surface area contributed by atoms with E-state index < -0.39 is 0 Å². The van der Waals surface area contributed by atoms with E-state index >= 15 is 0 Å². The van der Waals surface area contributed by atoms with Gasteiger partial charge in [-0.2, -0.15) is 0 Å². The van der Waals surface area contributed by atoms with Gasteiger partial charge in [0.1, 0.15) is 0 Å². The quantitative estimate of drug-likeness (QED) is 0.690. The molecule has 14 heavy (non-hydrogen) atoms. The van der Waals surface area contributed by atoms with E-state index in [1.165, 1.54) is 64.7 Å². The van der Waals surface area contributed by atoms with E-state index in [1.54, 1.807) is 0 Å². The molecule has 1 saturated heterocycles. The molecule has 1 N–H and O–H groups in total.